The van der Waals surface area contributed by atoms with Gasteiger partial charge in [0.2, 0.25) is 0 Å². The third kappa shape index (κ3) is 4.61. The summed E-state index contributed by atoms with van der Waals surface area (Å²) in [5.41, 5.74) is 10.5. The van der Waals surface area contributed by atoms with E-state index in [2.05, 4.69) is 5.10 Å². The first-order valence-electron chi connectivity index (χ1n) is 6.93. The maximum atomic E-state index is 10.4. The van der Waals surface area contributed by atoms with Crippen molar-refractivity contribution >= 4 is 17.6 Å². The molecule has 0 amide bonds. The van der Waals surface area contributed by atoms with Crippen LogP contribution < -0.4 is 11.5 Å². The molecule has 1 aliphatic carbocycles. The monoisotopic (exact) mass is 300 g/mol. The lowest BCUT2D eigenvalue weighted by molar-refractivity contribution is 0.0699. The van der Waals surface area contributed by atoms with Crippen molar-refractivity contribution in [2.24, 2.45) is 18.9 Å². The minimum absolute atomic E-state index is 0.0579. The van der Waals surface area contributed by atoms with Gasteiger partial charge in [-0.25, -0.2) is 4.79 Å². The van der Waals surface area contributed by atoms with Gasteiger partial charge in [-0.3, -0.25) is 4.68 Å². The first-order chi connectivity index (χ1) is 9.90. The van der Waals surface area contributed by atoms with Crippen molar-refractivity contribution in [2.45, 2.75) is 25.7 Å². The van der Waals surface area contributed by atoms with Crippen LogP contribution in [0, 0.1) is 11.8 Å². The van der Waals surface area contributed by atoms with Gasteiger partial charge in [0.25, 0.3) is 0 Å². The van der Waals surface area contributed by atoms with E-state index in [9.17, 15) is 4.79 Å². The standard InChI is InChI=1S/C8H16O2.C5H8N4O2/c9-5-7-1-2-8(6-10)4-3-7;1-9-4(7)2(5(10)11)3(6)8-9/h7-10H,1-6H2;7H2,1H3,(H2,6,8)(H,10,11). The molecule has 8 heteroatoms. The zero-order valence-corrected chi connectivity index (χ0v) is 12.2. The highest BCUT2D eigenvalue weighted by Gasteiger charge is 2.19. The van der Waals surface area contributed by atoms with Crippen molar-refractivity contribution in [1.29, 1.82) is 0 Å². The van der Waals surface area contributed by atoms with E-state index < -0.39 is 5.97 Å². The maximum Gasteiger partial charge on any atom is 0.343 e. The zero-order chi connectivity index (χ0) is 16.0. The maximum absolute atomic E-state index is 10.4. The van der Waals surface area contributed by atoms with Gasteiger partial charge in [0, 0.05) is 20.3 Å². The summed E-state index contributed by atoms with van der Waals surface area (Å²) in [7, 11) is 1.53. The summed E-state index contributed by atoms with van der Waals surface area (Å²) in [5, 5.41) is 29.7. The van der Waals surface area contributed by atoms with Gasteiger partial charge in [0.05, 0.1) is 0 Å². The van der Waals surface area contributed by atoms with Crippen LogP contribution in [0.25, 0.3) is 0 Å². The molecule has 0 saturated heterocycles. The number of nitrogen functional groups attached to an aromatic ring is 2. The van der Waals surface area contributed by atoms with Crippen LogP contribution >= 0.6 is 0 Å². The molecular formula is C13H24N4O4. The van der Waals surface area contributed by atoms with Crippen molar-refractivity contribution in [1.82, 2.24) is 9.78 Å². The van der Waals surface area contributed by atoms with E-state index in [0.717, 1.165) is 25.7 Å². The number of aliphatic hydroxyl groups excluding tert-OH is 2. The van der Waals surface area contributed by atoms with E-state index in [0.29, 0.717) is 25.0 Å². The Morgan fingerprint density at radius 2 is 1.62 bits per heavy atom. The molecule has 8 nitrogen and oxygen atoms in total. The van der Waals surface area contributed by atoms with Crippen LogP contribution in [-0.2, 0) is 7.05 Å². The summed E-state index contributed by atoms with van der Waals surface area (Å²) < 4.78 is 1.22. The smallest absolute Gasteiger partial charge is 0.343 e. The molecule has 0 aliphatic heterocycles. The van der Waals surface area contributed by atoms with Gasteiger partial charge in [-0.2, -0.15) is 5.10 Å². The summed E-state index contributed by atoms with van der Waals surface area (Å²) >= 11 is 0. The number of nitrogens with two attached hydrogens (primary N) is 2. The Bertz CT molecular complexity index is 455. The third-order valence-corrected chi connectivity index (χ3v) is 3.82. The molecule has 7 N–H and O–H groups in total. The highest BCUT2D eigenvalue weighted by Crippen LogP contribution is 2.27. The summed E-state index contributed by atoms with van der Waals surface area (Å²) in [6.07, 6.45) is 4.40. The Labute approximate surface area is 123 Å². The van der Waals surface area contributed by atoms with Gasteiger partial charge in [-0.1, -0.05) is 0 Å². The van der Waals surface area contributed by atoms with Crippen LogP contribution in [0.5, 0.6) is 0 Å². The lowest BCUT2D eigenvalue weighted by Gasteiger charge is -2.25. The largest absolute Gasteiger partial charge is 0.477 e. The molecule has 1 saturated carbocycles. The number of anilines is 2. The predicted molar refractivity (Wildman–Crippen MR) is 78.6 cm³/mol. The Kier molecular flexibility index (Phi) is 6.44. The molecular weight excluding hydrogens is 276 g/mol. The lowest BCUT2D eigenvalue weighted by Crippen LogP contribution is -2.19. The normalized spacial score (nSPS) is 21.5. The number of carbonyl (C=O) groups is 1. The fraction of sp³-hybridized carbons (Fsp3) is 0.692. The minimum atomic E-state index is -1.16. The van der Waals surface area contributed by atoms with Crippen LogP contribution in [0.3, 0.4) is 0 Å². The number of rotatable bonds is 3. The second kappa shape index (κ2) is 7.84. The first-order valence-corrected chi connectivity index (χ1v) is 6.93. The Balaban J connectivity index is 0.000000211. The molecule has 1 heterocycles. The van der Waals surface area contributed by atoms with Gasteiger partial charge < -0.3 is 26.8 Å². The number of nitrogens with zero attached hydrogens (tertiary/aromatic N) is 2. The van der Waals surface area contributed by atoms with Gasteiger partial charge in [-0.15, -0.1) is 0 Å². The summed E-state index contributed by atoms with van der Waals surface area (Å²) in [6.45, 7) is 0.663. The number of hydrogen-bond acceptors (Lipinski definition) is 6. The number of aliphatic hydroxyl groups is 2. The quantitative estimate of drug-likeness (QED) is 0.530. The summed E-state index contributed by atoms with van der Waals surface area (Å²) in [4.78, 5) is 10.4. The van der Waals surface area contributed by atoms with Crippen molar-refractivity contribution in [3.8, 4) is 0 Å². The average Bonchev–Trinajstić information content (AvgIpc) is 2.72. The predicted octanol–water partition coefficient (Wildman–Crippen LogP) is 0.0601. The second-order valence-electron chi connectivity index (χ2n) is 5.33. The molecule has 0 aromatic carbocycles. The van der Waals surface area contributed by atoms with Crippen molar-refractivity contribution < 1.29 is 20.1 Å². The zero-order valence-electron chi connectivity index (χ0n) is 12.2. The van der Waals surface area contributed by atoms with Crippen molar-refractivity contribution in [3.63, 3.8) is 0 Å². The topological polar surface area (TPSA) is 148 Å². The van der Waals surface area contributed by atoms with Crippen LogP contribution in [0.4, 0.5) is 11.6 Å². The Morgan fingerprint density at radius 3 is 1.81 bits per heavy atom. The van der Waals surface area contributed by atoms with Crippen LogP contribution in [-0.4, -0.2) is 44.3 Å². The molecule has 1 fully saturated rings. The molecule has 0 bridgehead atoms. The van der Waals surface area contributed by atoms with Crippen molar-refractivity contribution in [3.05, 3.63) is 5.56 Å². The summed E-state index contributed by atoms with van der Waals surface area (Å²) in [6, 6.07) is 0. The number of aromatic carboxylic acids is 1. The third-order valence-electron chi connectivity index (χ3n) is 3.82. The van der Waals surface area contributed by atoms with E-state index in [4.69, 9.17) is 26.8 Å². The highest BCUT2D eigenvalue weighted by atomic mass is 16.4. The molecule has 1 aliphatic rings. The number of aryl methyl sites for hydroxylation is 1. The first kappa shape index (κ1) is 17.3. The van der Waals surface area contributed by atoms with Gasteiger partial charge in [0.15, 0.2) is 5.82 Å². The van der Waals surface area contributed by atoms with Crippen LogP contribution in [0.15, 0.2) is 0 Å². The molecule has 0 spiro atoms. The number of carboxylic acid groups (broad SMARTS) is 1. The molecule has 1 aromatic rings. The SMILES string of the molecule is Cn1nc(N)c(C(=O)O)c1N.OCC1CCC(CO)CC1. The average molecular weight is 300 g/mol. The van der Waals surface area contributed by atoms with Crippen molar-refractivity contribution in [2.75, 3.05) is 24.7 Å². The Morgan fingerprint density at radius 1 is 1.19 bits per heavy atom. The van der Waals surface area contributed by atoms with E-state index in [1.165, 1.54) is 11.7 Å². The molecule has 120 valence electrons. The fourth-order valence-electron chi connectivity index (χ4n) is 2.37. The van der Waals surface area contributed by atoms with Gasteiger partial charge >= 0.3 is 5.97 Å². The van der Waals surface area contributed by atoms with Gasteiger partial charge in [-0.05, 0) is 37.5 Å². The number of hydrogen-bond donors (Lipinski definition) is 5. The minimum Gasteiger partial charge on any atom is -0.477 e. The van der Waals surface area contributed by atoms with Crippen LogP contribution in [0.1, 0.15) is 36.0 Å². The molecule has 1 aromatic heterocycles. The molecule has 21 heavy (non-hydrogen) atoms. The Hall–Kier alpha value is -1.80. The fourth-order valence-corrected chi connectivity index (χ4v) is 2.37. The highest BCUT2D eigenvalue weighted by molar-refractivity contribution is 5.97. The van der Waals surface area contributed by atoms with Gasteiger partial charge in [0.1, 0.15) is 11.4 Å². The molecule has 0 atom stereocenters. The van der Waals surface area contributed by atoms with E-state index in [-0.39, 0.29) is 17.2 Å². The number of aromatic nitrogens is 2. The number of carboxylic acids is 1. The lowest BCUT2D eigenvalue weighted by atomic mass is 9.83. The second-order valence-corrected chi connectivity index (χ2v) is 5.33. The van der Waals surface area contributed by atoms with E-state index in [1.54, 1.807) is 0 Å². The van der Waals surface area contributed by atoms with E-state index in [1.807, 2.05) is 0 Å². The molecule has 0 radical (unpaired) electrons. The summed E-state index contributed by atoms with van der Waals surface area (Å²) in [5.74, 6) is -0.119. The van der Waals surface area contributed by atoms with E-state index >= 15 is 0 Å². The molecule has 2 rings (SSSR count). The molecule has 0 unspecified atom stereocenters. The van der Waals surface area contributed by atoms with Crippen LogP contribution in [0.2, 0.25) is 0 Å².